The number of rotatable bonds is 7. The molecule has 2 heteroatoms. The summed E-state index contributed by atoms with van der Waals surface area (Å²) < 4.78 is 1.16. The first-order valence-corrected chi connectivity index (χ1v) is 8.19. The molecule has 0 heterocycles. The van der Waals surface area contributed by atoms with E-state index in [1.165, 1.54) is 31.2 Å². The van der Waals surface area contributed by atoms with E-state index in [4.69, 9.17) is 0 Å². The summed E-state index contributed by atoms with van der Waals surface area (Å²) in [6.45, 7) is 10.1. The molecular weight excluding hydrogens is 298 g/mol. The van der Waals surface area contributed by atoms with Gasteiger partial charge in [-0.3, -0.25) is 0 Å². The SMILES string of the molecule is CCCCC(CNC(C)(C)C)Cc1ccc(Br)cc1. The highest BCUT2D eigenvalue weighted by atomic mass is 79.9. The Hall–Kier alpha value is -0.340. The van der Waals surface area contributed by atoms with E-state index in [1.807, 2.05) is 0 Å². The van der Waals surface area contributed by atoms with E-state index in [-0.39, 0.29) is 5.54 Å². The van der Waals surface area contributed by atoms with Crippen LogP contribution in [0.4, 0.5) is 0 Å². The highest BCUT2D eigenvalue weighted by molar-refractivity contribution is 9.10. The Morgan fingerprint density at radius 2 is 1.79 bits per heavy atom. The molecule has 0 bridgehead atoms. The van der Waals surface area contributed by atoms with Crippen LogP contribution in [0.2, 0.25) is 0 Å². The molecule has 0 aromatic heterocycles. The van der Waals surface area contributed by atoms with Gasteiger partial charge in [0.2, 0.25) is 0 Å². The second kappa shape index (κ2) is 8.06. The average Bonchev–Trinajstić information content (AvgIpc) is 2.34. The fourth-order valence-corrected chi connectivity index (χ4v) is 2.44. The number of benzene rings is 1. The lowest BCUT2D eigenvalue weighted by Crippen LogP contribution is -2.39. The van der Waals surface area contributed by atoms with Gasteiger partial charge in [-0.2, -0.15) is 0 Å². The van der Waals surface area contributed by atoms with Gasteiger partial charge in [-0.25, -0.2) is 0 Å². The topological polar surface area (TPSA) is 12.0 Å². The Kier molecular flexibility index (Phi) is 7.09. The van der Waals surface area contributed by atoms with Crippen molar-refractivity contribution in [1.82, 2.24) is 5.32 Å². The van der Waals surface area contributed by atoms with E-state index < -0.39 is 0 Å². The van der Waals surface area contributed by atoms with Gasteiger partial charge in [0.15, 0.2) is 0 Å². The molecule has 0 spiro atoms. The van der Waals surface area contributed by atoms with Crippen LogP contribution >= 0.6 is 15.9 Å². The number of unbranched alkanes of at least 4 members (excludes halogenated alkanes) is 1. The molecule has 0 aliphatic rings. The van der Waals surface area contributed by atoms with Crippen LogP contribution in [0.25, 0.3) is 0 Å². The molecule has 1 atom stereocenters. The lowest BCUT2D eigenvalue weighted by Gasteiger charge is -2.25. The summed E-state index contributed by atoms with van der Waals surface area (Å²) in [6.07, 6.45) is 5.10. The first-order valence-electron chi connectivity index (χ1n) is 7.40. The molecule has 0 aliphatic heterocycles. The van der Waals surface area contributed by atoms with E-state index >= 15 is 0 Å². The van der Waals surface area contributed by atoms with E-state index in [0.29, 0.717) is 0 Å². The Morgan fingerprint density at radius 3 is 2.32 bits per heavy atom. The maximum absolute atomic E-state index is 3.65. The first kappa shape index (κ1) is 16.7. The van der Waals surface area contributed by atoms with Crippen molar-refractivity contribution in [2.45, 2.75) is 58.9 Å². The number of nitrogens with one attached hydrogen (secondary N) is 1. The molecule has 0 aliphatic carbocycles. The van der Waals surface area contributed by atoms with Gasteiger partial charge in [-0.1, -0.05) is 47.8 Å². The molecule has 1 aromatic carbocycles. The van der Waals surface area contributed by atoms with Gasteiger partial charge in [0.05, 0.1) is 0 Å². The van der Waals surface area contributed by atoms with Crippen molar-refractivity contribution in [3.05, 3.63) is 34.3 Å². The molecule has 0 amide bonds. The molecule has 0 saturated heterocycles. The molecule has 1 unspecified atom stereocenters. The van der Waals surface area contributed by atoms with Gasteiger partial charge >= 0.3 is 0 Å². The fourth-order valence-electron chi connectivity index (χ4n) is 2.17. The van der Waals surface area contributed by atoms with Crippen LogP contribution in [0.15, 0.2) is 28.7 Å². The van der Waals surface area contributed by atoms with Crippen LogP contribution in [0.5, 0.6) is 0 Å². The molecule has 0 fully saturated rings. The van der Waals surface area contributed by atoms with Crippen LogP contribution in [-0.2, 0) is 6.42 Å². The lowest BCUT2D eigenvalue weighted by molar-refractivity contribution is 0.351. The molecule has 1 nitrogen and oxygen atoms in total. The Morgan fingerprint density at radius 1 is 1.16 bits per heavy atom. The molecule has 0 radical (unpaired) electrons. The van der Waals surface area contributed by atoms with E-state index in [1.54, 1.807) is 0 Å². The lowest BCUT2D eigenvalue weighted by atomic mass is 9.93. The third-order valence-electron chi connectivity index (χ3n) is 3.32. The number of hydrogen-bond acceptors (Lipinski definition) is 1. The average molecular weight is 326 g/mol. The van der Waals surface area contributed by atoms with Crippen LogP contribution in [0, 0.1) is 5.92 Å². The summed E-state index contributed by atoms with van der Waals surface area (Å²) in [4.78, 5) is 0. The summed E-state index contributed by atoms with van der Waals surface area (Å²) in [5.41, 5.74) is 1.66. The third kappa shape index (κ3) is 7.74. The molecule has 1 N–H and O–H groups in total. The zero-order valence-electron chi connectivity index (χ0n) is 12.8. The number of halogens is 1. The van der Waals surface area contributed by atoms with Gasteiger partial charge in [0, 0.05) is 10.0 Å². The van der Waals surface area contributed by atoms with E-state index in [0.717, 1.165) is 16.9 Å². The van der Waals surface area contributed by atoms with Gasteiger partial charge in [-0.05, 0) is 63.8 Å². The Labute approximate surface area is 127 Å². The molecule has 1 rings (SSSR count). The Bertz CT molecular complexity index is 351. The number of hydrogen-bond donors (Lipinski definition) is 1. The highest BCUT2D eigenvalue weighted by Gasteiger charge is 2.14. The predicted octanol–water partition coefficient (Wildman–Crippen LogP) is 5.19. The maximum Gasteiger partial charge on any atom is 0.0175 e. The normalized spacial score (nSPS) is 13.5. The second-order valence-electron chi connectivity index (χ2n) is 6.47. The minimum absolute atomic E-state index is 0.212. The van der Waals surface area contributed by atoms with Crippen LogP contribution < -0.4 is 5.32 Å². The van der Waals surface area contributed by atoms with Crippen molar-refractivity contribution in [3.8, 4) is 0 Å². The van der Waals surface area contributed by atoms with Crippen molar-refractivity contribution in [3.63, 3.8) is 0 Å². The molecule has 1 aromatic rings. The zero-order chi connectivity index (χ0) is 14.3. The minimum Gasteiger partial charge on any atom is -0.312 e. The van der Waals surface area contributed by atoms with Crippen LogP contribution in [0.1, 0.15) is 52.5 Å². The van der Waals surface area contributed by atoms with Gasteiger partial charge in [0.1, 0.15) is 0 Å². The molecule has 108 valence electrons. The van der Waals surface area contributed by atoms with Crippen molar-refractivity contribution >= 4 is 15.9 Å². The van der Waals surface area contributed by atoms with Crippen molar-refractivity contribution in [2.24, 2.45) is 5.92 Å². The standard InChI is InChI=1S/C17H28BrN/c1-5-6-7-15(13-19-17(2,3)4)12-14-8-10-16(18)11-9-14/h8-11,15,19H,5-7,12-13H2,1-4H3. The first-order chi connectivity index (χ1) is 8.90. The largest absolute Gasteiger partial charge is 0.312 e. The van der Waals surface area contributed by atoms with Crippen molar-refractivity contribution in [1.29, 1.82) is 0 Å². The molecule has 19 heavy (non-hydrogen) atoms. The van der Waals surface area contributed by atoms with E-state index in [9.17, 15) is 0 Å². The van der Waals surface area contributed by atoms with Gasteiger partial charge in [-0.15, -0.1) is 0 Å². The molecular formula is C17H28BrN. The smallest absolute Gasteiger partial charge is 0.0175 e. The van der Waals surface area contributed by atoms with Gasteiger partial charge < -0.3 is 5.32 Å². The minimum atomic E-state index is 0.212. The highest BCUT2D eigenvalue weighted by Crippen LogP contribution is 2.18. The zero-order valence-corrected chi connectivity index (χ0v) is 14.4. The Balaban J connectivity index is 2.55. The summed E-state index contributed by atoms with van der Waals surface area (Å²) >= 11 is 3.50. The monoisotopic (exact) mass is 325 g/mol. The second-order valence-corrected chi connectivity index (χ2v) is 7.39. The fraction of sp³-hybridized carbons (Fsp3) is 0.647. The van der Waals surface area contributed by atoms with Crippen LogP contribution in [0.3, 0.4) is 0 Å². The third-order valence-corrected chi connectivity index (χ3v) is 3.85. The van der Waals surface area contributed by atoms with E-state index in [2.05, 4.69) is 73.2 Å². The van der Waals surface area contributed by atoms with Gasteiger partial charge in [0.25, 0.3) is 0 Å². The summed E-state index contributed by atoms with van der Waals surface area (Å²) in [7, 11) is 0. The summed E-state index contributed by atoms with van der Waals surface area (Å²) in [5.74, 6) is 0.736. The molecule has 0 saturated carbocycles. The summed E-state index contributed by atoms with van der Waals surface area (Å²) in [6, 6.07) is 8.76. The van der Waals surface area contributed by atoms with Crippen molar-refractivity contribution in [2.75, 3.05) is 6.54 Å². The van der Waals surface area contributed by atoms with Crippen LogP contribution in [-0.4, -0.2) is 12.1 Å². The van der Waals surface area contributed by atoms with Crippen molar-refractivity contribution < 1.29 is 0 Å². The quantitative estimate of drug-likeness (QED) is 0.727. The maximum atomic E-state index is 3.65. The summed E-state index contributed by atoms with van der Waals surface area (Å²) in [5, 5.41) is 3.65. The predicted molar refractivity (Wildman–Crippen MR) is 88.6 cm³/mol.